The van der Waals surface area contributed by atoms with E-state index in [0.717, 1.165) is 12.0 Å². The Morgan fingerprint density at radius 2 is 2.15 bits per heavy atom. The van der Waals surface area contributed by atoms with Gasteiger partial charge >= 0.3 is 0 Å². The van der Waals surface area contributed by atoms with E-state index < -0.39 is 12.6 Å². The van der Waals surface area contributed by atoms with Crippen LogP contribution in [0.2, 0.25) is 0 Å². The van der Waals surface area contributed by atoms with E-state index in [4.69, 9.17) is 9.84 Å². The van der Waals surface area contributed by atoms with Crippen LogP contribution in [0.3, 0.4) is 0 Å². The summed E-state index contributed by atoms with van der Waals surface area (Å²) in [6, 6.07) is 6.62. The molecule has 1 saturated heterocycles. The highest BCUT2D eigenvalue weighted by atomic mass is 32.1. The number of likely N-dealkylation sites (tertiary alicyclic amines) is 1. The lowest BCUT2D eigenvalue weighted by Gasteiger charge is -2.23. The van der Waals surface area contributed by atoms with Crippen LogP contribution in [0.15, 0.2) is 24.3 Å². The molecule has 7 nitrogen and oxygen atoms in total. The maximum atomic E-state index is 12.3. The lowest BCUT2D eigenvalue weighted by molar-refractivity contribution is -0.138. The zero-order valence-electron chi connectivity index (χ0n) is 14.5. The summed E-state index contributed by atoms with van der Waals surface area (Å²) in [6.45, 7) is 0.211. The summed E-state index contributed by atoms with van der Waals surface area (Å²) in [5, 5.41) is 11.6. The van der Waals surface area contributed by atoms with E-state index in [1.807, 2.05) is 6.07 Å². The summed E-state index contributed by atoms with van der Waals surface area (Å²) in [5.41, 5.74) is 0.779. The molecule has 1 aromatic carbocycles. The van der Waals surface area contributed by atoms with Crippen molar-refractivity contribution in [1.29, 1.82) is 0 Å². The molecule has 2 N–H and O–H groups in total. The van der Waals surface area contributed by atoms with Crippen LogP contribution in [0.5, 0.6) is 5.75 Å². The molecule has 0 radical (unpaired) electrons. The molecule has 0 bridgehead atoms. The van der Waals surface area contributed by atoms with Crippen LogP contribution in [-0.2, 0) is 20.8 Å². The summed E-state index contributed by atoms with van der Waals surface area (Å²) in [6.07, 6.45) is 1.40. The second-order valence-corrected chi connectivity index (χ2v) is 6.49. The molecule has 1 aromatic rings. The molecule has 1 aliphatic heterocycles. The van der Waals surface area contributed by atoms with E-state index in [-0.39, 0.29) is 30.6 Å². The minimum Gasteiger partial charge on any atom is -0.493 e. The van der Waals surface area contributed by atoms with E-state index in [1.54, 1.807) is 18.2 Å². The number of nitrogens with zero attached hydrogens (tertiary/aromatic N) is 1. The first-order valence-electron chi connectivity index (χ1n) is 8.57. The van der Waals surface area contributed by atoms with Crippen LogP contribution in [0, 0.1) is 0 Å². The zero-order chi connectivity index (χ0) is 18.9. The Bertz CT molecular complexity index is 652. The van der Waals surface area contributed by atoms with Crippen LogP contribution in [-0.4, -0.2) is 65.7 Å². The first-order valence-corrected chi connectivity index (χ1v) is 9.20. The van der Waals surface area contributed by atoms with E-state index in [1.165, 1.54) is 4.90 Å². The molecule has 1 fully saturated rings. The lowest BCUT2D eigenvalue weighted by Crippen LogP contribution is -2.46. The average molecular weight is 380 g/mol. The Hall–Kier alpha value is -2.06. The Kier molecular flexibility index (Phi) is 7.93. The molecule has 1 atom stereocenters. The number of carbonyl (C=O) groups is 3. The van der Waals surface area contributed by atoms with Crippen molar-refractivity contribution >= 4 is 30.2 Å². The van der Waals surface area contributed by atoms with Crippen molar-refractivity contribution in [2.75, 3.05) is 32.1 Å². The quantitative estimate of drug-likeness (QED) is 0.532. The molecule has 1 unspecified atom stereocenters. The van der Waals surface area contributed by atoms with E-state index in [2.05, 4.69) is 17.9 Å². The lowest BCUT2D eigenvalue weighted by atomic mass is 10.1. The van der Waals surface area contributed by atoms with Crippen molar-refractivity contribution in [3.63, 3.8) is 0 Å². The van der Waals surface area contributed by atoms with Gasteiger partial charge in [0.25, 0.3) is 0 Å². The fourth-order valence-electron chi connectivity index (χ4n) is 2.94. The Morgan fingerprint density at radius 3 is 2.88 bits per heavy atom. The Labute approximate surface area is 158 Å². The minimum atomic E-state index is -0.579. The molecule has 1 heterocycles. The standard InChI is InChI=1S/C18H24N2O5S/c21-12-16(22)15-5-2-6-20(15)18(24)11-19-17(23)10-13-3-1-4-14(9-13)25-7-8-26/h1,3-4,9,15,21,26H,2,5-8,10-12H2,(H,19,23). The van der Waals surface area contributed by atoms with Gasteiger partial charge in [-0.05, 0) is 30.5 Å². The van der Waals surface area contributed by atoms with Gasteiger partial charge in [0.2, 0.25) is 11.8 Å². The molecule has 0 aliphatic carbocycles. The number of rotatable bonds is 9. The van der Waals surface area contributed by atoms with Crippen molar-refractivity contribution in [3.8, 4) is 5.75 Å². The van der Waals surface area contributed by atoms with E-state index in [0.29, 0.717) is 31.1 Å². The Balaban J connectivity index is 1.83. The maximum Gasteiger partial charge on any atom is 0.242 e. The van der Waals surface area contributed by atoms with Crippen molar-refractivity contribution in [1.82, 2.24) is 10.2 Å². The normalized spacial score (nSPS) is 16.4. The van der Waals surface area contributed by atoms with Crippen LogP contribution in [0.1, 0.15) is 18.4 Å². The van der Waals surface area contributed by atoms with Gasteiger partial charge in [0.15, 0.2) is 5.78 Å². The molecule has 0 aromatic heterocycles. The van der Waals surface area contributed by atoms with Crippen molar-refractivity contribution < 1.29 is 24.2 Å². The summed E-state index contributed by atoms with van der Waals surface area (Å²) in [5.74, 6) is 0.314. The summed E-state index contributed by atoms with van der Waals surface area (Å²) < 4.78 is 5.47. The van der Waals surface area contributed by atoms with Crippen LogP contribution >= 0.6 is 12.6 Å². The molecule has 0 saturated carbocycles. The van der Waals surface area contributed by atoms with Gasteiger partial charge < -0.3 is 20.1 Å². The first kappa shape index (κ1) is 20.3. The SMILES string of the molecule is O=C(Cc1cccc(OCCS)c1)NCC(=O)N1CCCC1C(=O)CO. The third-order valence-corrected chi connectivity index (χ3v) is 4.34. The minimum absolute atomic E-state index is 0.129. The summed E-state index contributed by atoms with van der Waals surface area (Å²) in [7, 11) is 0. The highest BCUT2D eigenvalue weighted by Crippen LogP contribution is 2.18. The van der Waals surface area contributed by atoms with Crippen molar-refractivity contribution in [2.24, 2.45) is 0 Å². The topological polar surface area (TPSA) is 95.9 Å². The third kappa shape index (κ3) is 5.74. The third-order valence-electron chi connectivity index (χ3n) is 4.16. The number of ketones is 1. The number of carbonyl (C=O) groups excluding carboxylic acids is 3. The van der Waals surface area contributed by atoms with Crippen LogP contribution in [0.4, 0.5) is 0 Å². The molecule has 8 heteroatoms. The number of hydrogen-bond donors (Lipinski definition) is 3. The second-order valence-electron chi connectivity index (χ2n) is 6.04. The van der Waals surface area contributed by atoms with Gasteiger partial charge in [-0.1, -0.05) is 12.1 Å². The molecule has 2 rings (SSSR count). The predicted molar refractivity (Wildman–Crippen MR) is 99.3 cm³/mol. The van der Waals surface area contributed by atoms with E-state index in [9.17, 15) is 14.4 Å². The fraction of sp³-hybridized carbons (Fsp3) is 0.500. The smallest absolute Gasteiger partial charge is 0.242 e. The molecular weight excluding hydrogens is 356 g/mol. The monoisotopic (exact) mass is 380 g/mol. The number of thiol groups is 1. The second kappa shape index (κ2) is 10.2. The van der Waals surface area contributed by atoms with Gasteiger partial charge in [0.1, 0.15) is 12.4 Å². The number of nitrogens with one attached hydrogen (secondary N) is 1. The van der Waals surface area contributed by atoms with Gasteiger partial charge in [-0.15, -0.1) is 0 Å². The van der Waals surface area contributed by atoms with Gasteiger partial charge in [-0.3, -0.25) is 14.4 Å². The number of amides is 2. The Morgan fingerprint density at radius 1 is 1.35 bits per heavy atom. The number of Topliss-reactive ketones (excluding diaryl/α,β-unsaturated/α-hetero) is 1. The maximum absolute atomic E-state index is 12.3. The number of hydrogen-bond acceptors (Lipinski definition) is 6. The highest BCUT2D eigenvalue weighted by Gasteiger charge is 2.33. The number of aliphatic hydroxyl groups excluding tert-OH is 1. The predicted octanol–water partition coefficient (Wildman–Crippen LogP) is 0.206. The van der Waals surface area contributed by atoms with Crippen LogP contribution in [0.25, 0.3) is 0 Å². The fourth-order valence-corrected chi connectivity index (χ4v) is 3.03. The number of benzene rings is 1. The van der Waals surface area contributed by atoms with Crippen molar-refractivity contribution in [2.45, 2.75) is 25.3 Å². The first-order chi connectivity index (χ1) is 12.5. The average Bonchev–Trinajstić information content (AvgIpc) is 3.14. The molecule has 142 valence electrons. The van der Waals surface area contributed by atoms with Gasteiger partial charge in [0.05, 0.1) is 25.6 Å². The van der Waals surface area contributed by atoms with Crippen molar-refractivity contribution in [3.05, 3.63) is 29.8 Å². The number of ether oxygens (including phenoxy) is 1. The molecular formula is C18H24N2O5S. The van der Waals surface area contributed by atoms with Gasteiger partial charge in [-0.25, -0.2) is 0 Å². The summed E-state index contributed by atoms with van der Waals surface area (Å²) in [4.78, 5) is 37.4. The zero-order valence-corrected chi connectivity index (χ0v) is 15.4. The highest BCUT2D eigenvalue weighted by molar-refractivity contribution is 7.80. The van der Waals surface area contributed by atoms with Gasteiger partial charge in [-0.2, -0.15) is 12.6 Å². The molecule has 2 amide bonds. The largest absolute Gasteiger partial charge is 0.493 e. The molecule has 0 spiro atoms. The number of aliphatic hydroxyl groups is 1. The summed E-state index contributed by atoms with van der Waals surface area (Å²) >= 11 is 4.08. The molecule has 1 aliphatic rings. The van der Waals surface area contributed by atoms with Crippen LogP contribution < -0.4 is 10.1 Å². The van der Waals surface area contributed by atoms with Gasteiger partial charge in [0, 0.05) is 12.3 Å². The molecule has 26 heavy (non-hydrogen) atoms. The van der Waals surface area contributed by atoms with E-state index >= 15 is 0 Å².